The molecule has 2 fully saturated rings. The maximum absolute atomic E-state index is 4.93. The van der Waals surface area contributed by atoms with Crippen LogP contribution in [0.1, 0.15) is 20.3 Å². The second-order valence-electron chi connectivity index (χ2n) is 2.61. The van der Waals surface area contributed by atoms with Crippen molar-refractivity contribution in [1.29, 1.82) is 0 Å². The van der Waals surface area contributed by atoms with Gasteiger partial charge in [0.05, 0.1) is 18.8 Å². The van der Waals surface area contributed by atoms with Crippen LogP contribution in [0, 0.1) is 0 Å². The molecule has 0 radical (unpaired) electrons. The van der Waals surface area contributed by atoms with Crippen molar-refractivity contribution in [1.82, 2.24) is 0 Å². The van der Waals surface area contributed by atoms with E-state index in [1.165, 1.54) is 6.42 Å². The Bertz CT molecular complexity index is 75.0. The van der Waals surface area contributed by atoms with Gasteiger partial charge in [-0.15, -0.1) is 0 Å². The average Bonchev–Trinajstić information content (AvgIpc) is 2.47. The minimum Gasteiger partial charge on any atom is -0.378 e. The maximum atomic E-state index is 4.93. The summed E-state index contributed by atoms with van der Waals surface area (Å²) in [6, 6.07) is 0. The first-order valence-corrected chi connectivity index (χ1v) is 3.52. The van der Waals surface area contributed by atoms with Crippen molar-refractivity contribution in [3.05, 3.63) is 0 Å². The Morgan fingerprint density at radius 3 is 1.44 bits per heavy atom. The quantitative estimate of drug-likeness (QED) is 0.459. The standard InChI is InChI=1S/C4H8O.C3H6O/c1-4-2-3-5-4;1-3-2-4-3/h4H,2-3H2,1H3;3H,2H2,1H3. The molecule has 54 valence electrons. The lowest BCUT2D eigenvalue weighted by atomic mass is 10.2. The normalized spacial score (nSPS) is 38.0. The molecule has 2 heterocycles. The van der Waals surface area contributed by atoms with E-state index in [1.54, 1.807) is 0 Å². The van der Waals surface area contributed by atoms with Crippen LogP contribution in [0.5, 0.6) is 0 Å². The molecule has 0 spiro atoms. The van der Waals surface area contributed by atoms with E-state index in [4.69, 9.17) is 9.47 Å². The zero-order valence-electron chi connectivity index (χ0n) is 6.09. The number of epoxide rings is 1. The van der Waals surface area contributed by atoms with Crippen LogP contribution in [0.25, 0.3) is 0 Å². The van der Waals surface area contributed by atoms with E-state index in [0.29, 0.717) is 12.2 Å². The van der Waals surface area contributed by atoms with Crippen LogP contribution in [-0.4, -0.2) is 25.4 Å². The van der Waals surface area contributed by atoms with Crippen LogP contribution in [-0.2, 0) is 9.47 Å². The van der Waals surface area contributed by atoms with Crippen LogP contribution in [0.2, 0.25) is 0 Å². The second-order valence-corrected chi connectivity index (χ2v) is 2.61. The fraction of sp³-hybridized carbons (Fsp3) is 1.00. The van der Waals surface area contributed by atoms with Gasteiger partial charge in [0.15, 0.2) is 0 Å². The Kier molecular flexibility index (Phi) is 2.49. The fourth-order valence-electron chi connectivity index (χ4n) is 0.450. The van der Waals surface area contributed by atoms with Gasteiger partial charge in [0.1, 0.15) is 0 Å². The van der Waals surface area contributed by atoms with Crippen molar-refractivity contribution in [2.75, 3.05) is 13.2 Å². The highest BCUT2D eigenvalue weighted by molar-refractivity contribution is 4.58. The van der Waals surface area contributed by atoms with Crippen molar-refractivity contribution in [2.24, 2.45) is 0 Å². The summed E-state index contributed by atoms with van der Waals surface area (Å²) in [5.41, 5.74) is 0. The summed E-state index contributed by atoms with van der Waals surface area (Å²) in [7, 11) is 0. The molecule has 0 bridgehead atoms. The first-order chi connectivity index (χ1) is 4.29. The molecular formula is C7H14O2. The van der Waals surface area contributed by atoms with Gasteiger partial charge < -0.3 is 9.47 Å². The Labute approximate surface area is 56.2 Å². The van der Waals surface area contributed by atoms with E-state index in [-0.39, 0.29) is 0 Å². The van der Waals surface area contributed by atoms with Crippen LogP contribution in [0.15, 0.2) is 0 Å². The van der Waals surface area contributed by atoms with Crippen molar-refractivity contribution in [3.8, 4) is 0 Å². The molecule has 2 aliphatic heterocycles. The van der Waals surface area contributed by atoms with Gasteiger partial charge in [-0.1, -0.05) is 0 Å². The largest absolute Gasteiger partial charge is 0.378 e. The van der Waals surface area contributed by atoms with Gasteiger partial charge in [0, 0.05) is 6.61 Å². The Morgan fingerprint density at radius 2 is 1.44 bits per heavy atom. The highest BCUT2D eigenvalue weighted by atomic mass is 16.6. The minimum atomic E-state index is 0.565. The fourth-order valence-corrected chi connectivity index (χ4v) is 0.450. The van der Waals surface area contributed by atoms with E-state index in [0.717, 1.165) is 13.2 Å². The molecule has 2 atom stereocenters. The van der Waals surface area contributed by atoms with Crippen LogP contribution in [0.4, 0.5) is 0 Å². The van der Waals surface area contributed by atoms with E-state index < -0.39 is 0 Å². The molecule has 0 aromatic rings. The molecule has 0 saturated carbocycles. The summed E-state index contributed by atoms with van der Waals surface area (Å²) >= 11 is 0. The third-order valence-electron chi connectivity index (χ3n) is 1.43. The summed E-state index contributed by atoms with van der Waals surface area (Å²) < 4.78 is 9.64. The molecule has 2 nitrogen and oxygen atoms in total. The monoisotopic (exact) mass is 130 g/mol. The van der Waals surface area contributed by atoms with Gasteiger partial charge in [-0.25, -0.2) is 0 Å². The molecule has 0 amide bonds. The third kappa shape index (κ3) is 3.49. The number of hydrogen-bond donors (Lipinski definition) is 0. The van der Waals surface area contributed by atoms with E-state index in [2.05, 4.69) is 13.8 Å². The molecule has 0 aromatic heterocycles. The molecule has 9 heavy (non-hydrogen) atoms. The highest BCUT2D eigenvalue weighted by Crippen LogP contribution is 2.07. The average molecular weight is 130 g/mol. The van der Waals surface area contributed by atoms with Crippen LogP contribution < -0.4 is 0 Å². The zero-order valence-corrected chi connectivity index (χ0v) is 6.09. The predicted octanol–water partition coefficient (Wildman–Crippen LogP) is 1.20. The predicted molar refractivity (Wildman–Crippen MR) is 35.4 cm³/mol. The summed E-state index contributed by atoms with van der Waals surface area (Å²) in [5, 5.41) is 0. The van der Waals surface area contributed by atoms with Crippen molar-refractivity contribution in [3.63, 3.8) is 0 Å². The van der Waals surface area contributed by atoms with Gasteiger partial charge in [0.25, 0.3) is 0 Å². The lowest BCUT2D eigenvalue weighted by Crippen LogP contribution is -2.22. The van der Waals surface area contributed by atoms with Gasteiger partial charge in [-0.05, 0) is 20.3 Å². The molecule has 2 unspecified atom stereocenters. The van der Waals surface area contributed by atoms with E-state index in [9.17, 15) is 0 Å². The van der Waals surface area contributed by atoms with Gasteiger partial charge in [-0.2, -0.15) is 0 Å². The molecule has 0 N–H and O–H groups in total. The molecule has 2 aliphatic rings. The third-order valence-corrected chi connectivity index (χ3v) is 1.43. The maximum Gasteiger partial charge on any atom is 0.0781 e. The molecule has 0 aromatic carbocycles. The zero-order chi connectivity index (χ0) is 6.69. The lowest BCUT2D eigenvalue weighted by molar-refractivity contribution is -0.0375. The van der Waals surface area contributed by atoms with Crippen molar-refractivity contribution < 1.29 is 9.47 Å². The Morgan fingerprint density at radius 1 is 1.11 bits per heavy atom. The molecule has 2 heteroatoms. The first kappa shape index (κ1) is 7.03. The summed E-state index contributed by atoms with van der Waals surface area (Å²) in [6.07, 6.45) is 2.41. The number of hydrogen-bond acceptors (Lipinski definition) is 2. The number of rotatable bonds is 0. The Hall–Kier alpha value is -0.0800. The first-order valence-electron chi connectivity index (χ1n) is 3.52. The lowest BCUT2D eigenvalue weighted by Gasteiger charge is -2.20. The van der Waals surface area contributed by atoms with E-state index in [1.807, 2.05) is 0 Å². The molecule has 2 saturated heterocycles. The van der Waals surface area contributed by atoms with Crippen LogP contribution >= 0.6 is 0 Å². The topological polar surface area (TPSA) is 21.8 Å². The van der Waals surface area contributed by atoms with Gasteiger partial charge in [-0.3, -0.25) is 0 Å². The minimum absolute atomic E-state index is 0.565. The summed E-state index contributed by atoms with van der Waals surface area (Å²) in [6.45, 7) is 6.12. The van der Waals surface area contributed by atoms with Gasteiger partial charge in [0.2, 0.25) is 0 Å². The highest BCUT2D eigenvalue weighted by Gasteiger charge is 2.13. The number of ether oxygens (including phenoxy) is 2. The summed E-state index contributed by atoms with van der Waals surface area (Å²) in [4.78, 5) is 0. The van der Waals surface area contributed by atoms with Gasteiger partial charge >= 0.3 is 0 Å². The van der Waals surface area contributed by atoms with E-state index >= 15 is 0 Å². The SMILES string of the molecule is CC1CCO1.CC1CO1. The smallest absolute Gasteiger partial charge is 0.0781 e. The molecule has 0 aliphatic carbocycles. The second kappa shape index (κ2) is 3.18. The van der Waals surface area contributed by atoms with Crippen molar-refractivity contribution >= 4 is 0 Å². The molecule has 2 rings (SSSR count). The van der Waals surface area contributed by atoms with Crippen LogP contribution in [0.3, 0.4) is 0 Å². The Balaban J connectivity index is 0.0000000922. The van der Waals surface area contributed by atoms with Crippen molar-refractivity contribution in [2.45, 2.75) is 32.5 Å². The summed E-state index contributed by atoms with van der Waals surface area (Å²) in [5.74, 6) is 0. The molecular weight excluding hydrogens is 116 g/mol.